The molecule has 0 spiro atoms. The molecule has 0 aromatic carbocycles. The van der Waals surface area contributed by atoms with Gasteiger partial charge in [-0.2, -0.15) is 5.26 Å². The fraction of sp³-hybridized carbons (Fsp3) is 0.571. The molecule has 1 amide bonds. The third-order valence-corrected chi connectivity index (χ3v) is 3.96. The lowest BCUT2D eigenvalue weighted by molar-refractivity contribution is 0.0570. The predicted octanol–water partition coefficient (Wildman–Crippen LogP) is 2.49. The summed E-state index contributed by atoms with van der Waals surface area (Å²) in [6, 6.07) is 5.71. The van der Waals surface area contributed by atoms with Crippen LogP contribution in [0.5, 0.6) is 0 Å². The highest BCUT2D eigenvalue weighted by Gasteiger charge is 2.27. The summed E-state index contributed by atoms with van der Waals surface area (Å²) >= 11 is 3.20. The number of nitrogens with zero attached hydrogens (tertiary/aromatic N) is 3. The van der Waals surface area contributed by atoms with Crippen molar-refractivity contribution in [2.75, 3.05) is 26.2 Å². The largest absolute Gasteiger partial charge is 0.444 e. The molecule has 1 unspecified atom stereocenters. The zero-order valence-corrected chi connectivity index (χ0v) is 13.1. The lowest BCUT2D eigenvalue weighted by Crippen LogP contribution is -2.51. The third kappa shape index (κ3) is 3.41. The van der Waals surface area contributed by atoms with E-state index in [1.165, 1.54) is 0 Å². The summed E-state index contributed by atoms with van der Waals surface area (Å²) < 4.78 is 5.85. The molecule has 6 heteroatoms. The Morgan fingerprint density at radius 1 is 1.45 bits per heavy atom. The zero-order chi connectivity index (χ0) is 14.5. The molecular formula is C14H18BrN3O2. The quantitative estimate of drug-likeness (QED) is 0.845. The predicted molar refractivity (Wildman–Crippen MR) is 78.2 cm³/mol. The summed E-state index contributed by atoms with van der Waals surface area (Å²) in [5.41, 5.74) is 0. The van der Waals surface area contributed by atoms with Crippen LogP contribution < -0.4 is 0 Å². The number of piperazine rings is 1. The van der Waals surface area contributed by atoms with Crippen LogP contribution >= 0.6 is 15.9 Å². The maximum atomic E-state index is 12.2. The Balaban J connectivity index is 1.91. The SMILES string of the molecule is CCCC(C#N)N1CCN(C(=O)c2ccc(Br)o2)CC1. The van der Waals surface area contributed by atoms with Gasteiger partial charge in [0.1, 0.15) is 0 Å². The maximum Gasteiger partial charge on any atom is 0.289 e. The second-order valence-electron chi connectivity index (χ2n) is 4.87. The van der Waals surface area contributed by atoms with E-state index in [0.29, 0.717) is 23.5 Å². The number of nitriles is 1. The van der Waals surface area contributed by atoms with Gasteiger partial charge in [-0.1, -0.05) is 13.3 Å². The van der Waals surface area contributed by atoms with Gasteiger partial charge in [0, 0.05) is 26.2 Å². The molecule has 0 radical (unpaired) electrons. The van der Waals surface area contributed by atoms with Crippen LogP contribution in [-0.4, -0.2) is 47.9 Å². The molecule has 108 valence electrons. The van der Waals surface area contributed by atoms with Gasteiger partial charge in [-0.15, -0.1) is 0 Å². The minimum atomic E-state index is -0.0839. The average molecular weight is 340 g/mol. The van der Waals surface area contributed by atoms with Crippen LogP contribution in [0.1, 0.15) is 30.3 Å². The zero-order valence-electron chi connectivity index (χ0n) is 11.5. The first kappa shape index (κ1) is 15.1. The van der Waals surface area contributed by atoms with Crippen LogP contribution in [0.4, 0.5) is 0 Å². The van der Waals surface area contributed by atoms with Crippen molar-refractivity contribution in [3.63, 3.8) is 0 Å². The van der Waals surface area contributed by atoms with Crippen molar-refractivity contribution in [3.05, 3.63) is 22.6 Å². The molecule has 0 aliphatic carbocycles. The van der Waals surface area contributed by atoms with Gasteiger partial charge < -0.3 is 9.32 Å². The minimum absolute atomic E-state index is 0.0324. The average Bonchev–Trinajstić information content (AvgIpc) is 2.91. The molecule has 0 N–H and O–H groups in total. The molecule has 5 nitrogen and oxygen atoms in total. The smallest absolute Gasteiger partial charge is 0.289 e. The third-order valence-electron chi connectivity index (χ3n) is 3.54. The molecule has 1 saturated heterocycles. The normalized spacial score (nSPS) is 17.8. The van der Waals surface area contributed by atoms with Crippen LogP contribution in [0, 0.1) is 11.3 Å². The molecule has 1 atom stereocenters. The van der Waals surface area contributed by atoms with Crippen LogP contribution in [0.15, 0.2) is 21.2 Å². The van der Waals surface area contributed by atoms with E-state index in [1.807, 2.05) is 0 Å². The topological polar surface area (TPSA) is 60.5 Å². The Hall–Kier alpha value is -1.32. The highest BCUT2D eigenvalue weighted by atomic mass is 79.9. The number of hydrogen-bond donors (Lipinski definition) is 0. The summed E-state index contributed by atoms with van der Waals surface area (Å²) in [4.78, 5) is 16.2. The van der Waals surface area contributed by atoms with E-state index < -0.39 is 0 Å². The lowest BCUT2D eigenvalue weighted by atomic mass is 10.1. The van der Waals surface area contributed by atoms with Gasteiger partial charge in [-0.25, -0.2) is 0 Å². The van der Waals surface area contributed by atoms with Crippen LogP contribution in [0.3, 0.4) is 0 Å². The molecule has 1 fully saturated rings. The first-order chi connectivity index (χ1) is 9.65. The number of halogens is 1. The summed E-state index contributed by atoms with van der Waals surface area (Å²) in [5.74, 6) is 0.273. The summed E-state index contributed by atoms with van der Waals surface area (Å²) in [6.07, 6.45) is 1.88. The summed E-state index contributed by atoms with van der Waals surface area (Å²) in [6.45, 7) is 4.84. The molecule has 1 aliphatic heterocycles. The van der Waals surface area contributed by atoms with Crippen LogP contribution in [-0.2, 0) is 0 Å². The van der Waals surface area contributed by atoms with E-state index in [9.17, 15) is 10.1 Å². The Morgan fingerprint density at radius 3 is 2.65 bits per heavy atom. The van der Waals surface area contributed by atoms with Crippen molar-refractivity contribution in [2.24, 2.45) is 0 Å². The lowest BCUT2D eigenvalue weighted by Gasteiger charge is -2.36. The van der Waals surface area contributed by atoms with Crippen LogP contribution in [0.25, 0.3) is 0 Å². The molecule has 1 aliphatic rings. The van der Waals surface area contributed by atoms with E-state index in [2.05, 4.69) is 33.8 Å². The molecule has 2 heterocycles. The van der Waals surface area contributed by atoms with Gasteiger partial charge >= 0.3 is 0 Å². The number of rotatable bonds is 4. The van der Waals surface area contributed by atoms with E-state index in [4.69, 9.17) is 4.42 Å². The molecular weight excluding hydrogens is 322 g/mol. The van der Waals surface area contributed by atoms with Gasteiger partial charge in [-0.3, -0.25) is 9.69 Å². The summed E-state index contributed by atoms with van der Waals surface area (Å²) in [7, 11) is 0. The van der Waals surface area contributed by atoms with E-state index in [1.54, 1.807) is 17.0 Å². The number of carbonyl (C=O) groups is 1. The summed E-state index contributed by atoms with van der Waals surface area (Å²) in [5, 5.41) is 9.17. The number of carbonyl (C=O) groups excluding carboxylic acids is 1. The van der Waals surface area contributed by atoms with Gasteiger partial charge in [-0.05, 0) is 34.5 Å². The molecule has 1 aromatic heterocycles. The molecule has 20 heavy (non-hydrogen) atoms. The Labute approximate surface area is 127 Å². The Bertz CT molecular complexity index is 501. The molecule has 1 aromatic rings. The number of amides is 1. The van der Waals surface area contributed by atoms with Gasteiger partial charge in [0.25, 0.3) is 5.91 Å². The minimum Gasteiger partial charge on any atom is -0.444 e. The Morgan fingerprint density at radius 2 is 2.15 bits per heavy atom. The van der Waals surface area contributed by atoms with Crippen molar-refractivity contribution in [2.45, 2.75) is 25.8 Å². The van der Waals surface area contributed by atoms with E-state index >= 15 is 0 Å². The highest BCUT2D eigenvalue weighted by molar-refractivity contribution is 9.10. The first-order valence-corrected chi connectivity index (χ1v) is 7.63. The fourth-order valence-electron chi connectivity index (χ4n) is 2.42. The molecule has 2 rings (SSSR count). The molecule has 0 bridgehead atoms. The number of hydrogen-bond acceptors (Lipinski definition) is 4. The Kier molecular flexibility index (Phi) is 5.21. The van der Waals surface area contributed by atoms with Crippen LogP contribution in [0.2, 0.25) is 0 Å². The fourth-order valence-corrected chi connectivity index (χ4v) is 2.73. The first-order valence-electron chi connectivity index (χ1n) is 6.84. The maximum absolute atomic E-state index is 12.2. The van der Waals surface area contributed by atoms with E-state index in [-0.39, 0.29) is 11.9 Å². The molecule has 0 saturated carbocycles. The second kappa shape index (κ2) is 6.91. The number of furan rings is 1. The van der Waals surface area contributed by atoms with Crippen molar-refractivity contribution in [1.82, 2.24) is 9.80 Å². The van der Waals surface area contributed by atoms with Crippen molar-refractivity contribution >= 4 is 21.8 Å². The second-order valence-corrected chi connectivity index (χ2v) is 5.65. The van der Waals surface area contributed by atoms with Gasteiger partial charge in [0.2, 0.25) is 0 Å². The standard InChI is InChI=1S/C14H18BrN3O2/c1-2-3-11(10-16)17-6-8-18(9-7-17)14(19)12-4-5-13(15)20-12/h4-5,11H,2-3,6-9H2,1H3. The van der Waals surface area contributed by atoms with Crippen molar-refractivity contribution in [1.29, 1.82) is 5.26 Å². The monoisotopic (exact) mass is 339 g/mol. The van der Waals surface area contributed by atoms with Gasteiger partial charge in [0.05, 0.1) is 12.1 Å². The van der Waals surface area contributed by atoms with Crippen molar-refractivity contribution in [3.8, 4) is 6.07 Å². The van der Waals surface area contributed by atoms with Crippen molar-refractivity contribution < 1.29 is 9.21 Å². The van der Waals surface area contributed by atoms with E-state index in [0.717, 1.165) is 25.9 Å². The van der Waals surface area contributed by atoms with Gasteiger partial charge in [0.15, 0.2) is 10.4 Å². The highest BCUT2D eigenvalue weighted by Crippen LogP contribution is 2.17.